The molecule has 2 N–H and O–H groups in total. The molecule has 1 amide bonds. The summed E-state index contributed by atoms with van der Waals surface area (Å²) in [4.78, 5) is 45.0. The van der Waals surface area contributed by atoms with Gasteiger partial charge in [-0.05, 0) is 76.9 Å². The fourth-order valence-corrected chi connectivity index (χ4v) is 9.01. The van der Waals surface area contributed by atoms with E-state index in [0.29, 0.717) is 27.7 Å². The number of fused-ring (bicyclic) bond motifs is 4. The predicted molar refractivity (Wildman–Crippen MR) is 254 cm³/mol. The van der Waals surface area contributed by atoms with Crippen LogP contribution in [0.5, 0.6) is 0 Å². The van der Waals surface area contributed by atoms with Crippen LogP contribution in [0.25, 0.3) is 33.3 Å². The van der Waals surface area contributed by atoms with Crippen molar-refractivity contribution >= 4 is 29.1 Å². The van der Waals surface area contributed by atoms with Crippen molar-refractivity contribution in [2.45, 2.75) is 57.0 Å². The van der Waals surface area contributed by atoms with Crippen LogP contribution in [0.3, 0.4) is 0 Å². The maximum atomic E-state index is 13.9. The van der Waals surface area contributed by atoms with Crippen molar-refractivity contribution in [2.75, 3.05) is 6.61 Å². The van der Waals surface area contributed by atoms with Crippen molar-refractivity contribution in [3.8, 4) is 22.4 Å². The molecule has 1 aliphatic rings. The van der Waals surface area contributed by atoms with Gasteiger partial charge in [0.25, 0.3) is 0 Å². The fourth-order valence-electron chi connectivity index (χ4n) is 9.01. The minimum atomic E-state index is -1.38. The number of hydrogen-bond acceptors (Lipinski definition) is 7. The van der Waals surface area contributed by atoms with Crippen molar-refractivity contribution < 1.29 is 33.7 Å². The standard InChI is InChI=1S/C56H49N3O7/c1-55(2,3)66-54(63)59-34-38(32-50(52(60)61)58-53(62)64-36-48-45-26-15-13-24-43(45)44-25-14-16-27-46(44)48)42-28-17-29-47(51(42)59)49-31-30-37(33-57-49)35-65-56(39-18-7-4-8-19-39,40-20-9-5-10-21-40)41-22-11-6-12-23-41/h4-31,33-34,48,50H,32,35-36H2,1-3H3,(H,58,62)(H,60,61)/t50-/m0/s1. The van der Waals surface area contributed by atoms with E-state index in [9.17, 15) is 19.5 Å². The van der Waals surface area contributed by atoms with Crippen molar-refractivity contribution in [3.63, 3.8) is 0 Å². The number of pyridine rings is 1. The Morgan fingerprint density at radius 2 is 1.23 bits per heavy atom. The Labute approximate surface area is 383 Å². The van der Waals surface area contributed by atoms with Gasteiger partial charge in [0, 0.05) is 35.7 Å². The molecule has 8 aromatic rings. The number of ether oxygens (including phenoxy) is 3. The number of carbonyl (C=O) groups excluding carboxylic acids is 2. The highest BCUT2D eigenvalue weighted by Crippen LogP contribution is 2.45. The van der Waals surface area contributed by atoms with Crippen LogP contribution in [0, 0.1) is 0 Å². The Hall–Kier alpha value is -7.82. The minimum Gasteiger partial charge on any atom is -0.480 e. The van der Waals surface area contributed by atoms with Gasteiger partial charge in [-0.3, -0.25) is 9.55 Å². The number of amides is 1. The van der Waals surface area contributed by atoms with Gasteiger partial charge in [0.1, 0.15) is 23.9 Å². The number of aromatic nitrogens is 2. The maximum Gasteiger partial charge on any atom is 0.419 e. The summed E-state index contributed by atoms with van der Waals surface area (Å²) in [7, 11) is 0. The molecule has 0 fully saturated rings. The summed E-state index contributed by atoms with van der Waals surface area (Å²) < 4.78 is 20.0. The molecule has 330 valence electrons. The molecule has 2 heterocycles. The van der Waals surface area contributed by atoms with Gasteiger partial charge in [0.05, 0.1) is 17.8 Å². The van der Waals surface area contributed by atoms with Gasteiger partial charge in [-0.1, -0.05) is 164 Å². The van der Waals surface area contributed by atoms with Gasteiger partial charge in [-0.15, -0.1) is 0 Å². The third-order valence-corrected chi connectivity index (χ3v) is 12.0. The second-order valence-corrected chi connectivity index (χ2v) is 17.4. The Kier molecular flexibility index (Phi) is 12.1. The van der Waals surface area contributed by atoms with Crippen LogP contribution in [0.15, 0.2) is 182 Å². The number of hydrogen-bond donors (Lipinski definition) is 2. The molecule has 1 atom stereocenters. The van der Waals surface area contributed by atoms with Gasteiger partial charge in [-0.25, -0.2) is 14.4 Å². The first-order chi connectivity index (χ1) is 32.0. The second kappa shape index (κ2) is 18.3. The molecule has 10 nitrogen and oxygen atoms in total. The van der Waals surface area contributed by atoms with Crippen molar-refractivity contribution in [3.05, 3.63) is 221 Å². The summed E-state index contributed by atoms with van der Waals surface area (Å²) >= 11 is 0. The van der Waals surface area contributed by atoms with Crippen LogP contribution in [-0.2, 0) is 37.6 Å². The Bertz CT molecular complexity index is 2870. The molecule has 0 spiro atoms. The number of nitrogens with one attached hydrogen (secondary N) is 1. The monoisotopic (exact) mass is 875 g/mol. The Morgan fingerprint density at radius 1 is 0.682 bits per heavy atom. The van der Waals surface area contributed by atoms with Gasteiger partial charge < -0.3 is 24.6 Å². The molecule has 66 heavy (non-hydrogen) atoms. The summed E-state index contributed by atoms with van der Waals surface area (Å²) in [5, 5.41) is 13.6. The normalized spacial score (nSPS) is 12.8. The van der Waals surface area contributed by atoms with E-state index < -0.39 is 35.4 Å². The summed E-state index contributed by atoms with van der Waals surface area (Å²) in [6.07, 6.45) is 1.69. The molecule has 6 aromatic carbocycles. The third-order valence-electron chi connectivity index (χ3n) is 12.0. The number of aliphatic carboxylic acids is 1. The topological polar surface area (TPSA) is 129 Å². The van der Waals surface area contributed by atoms with Crippen LogP contribution < -0.4 is 5.32 Å². The van der Waals surface area contributed by atoms with E-state index in [4.69, 9.17) is 19.2 Å². The summed E-state index contributed by atoms with van der Waals surface area (Å²) in [5.74, 6) is -1.45. The largest absolute Gasteiger partial charge is 0.480 e. The molecule has 0 bridgehead atoms. The average Bonchev–Trinajstić information content (AvgIpc) is 3.87. The smallest absolute Gasteiger partial charge is 0.419 e. The first kappa shape index (κ1) is 43.4. The van der Waals surface area contributed by atoms with Crippen LogP contribution in [0.4, 0.5) is 9.59 Å². The van der Waals surface area contributed by atoms with Gasteiger partial charge >= 0.3 is 18.2 Å². The summed E-state index contributed by atoms with van der Waals surface area (Å²) in [6, 6.07) is 54.4. The van der Waals surface area contributed by atoms with Crippen LogP contribution in [0.2, 0.25) is 0 Å². The first-order valence-electron chi connectivity index (χ1n) is 22.0. The lowest BCUT2D eigenvalue weighted by atomic mass is 9.80. The fraction of sp³-hybridized carbons (Fsp3) is 0.179. The highest BCUT2D eigenvalue weighted by molar-refractivity contribution is 6.01. The van der Waals surface area contributed by atoms with Crippen LogP contribution in [0.1, 0.15) is 65.6 Å². The van der Waals surface area contributed by atoms with Crippen molar-refractivity contribution in [2.24, 2.45) is 0 Å². The molecule has 0 unspecified atom stereocenters. The van der Waals surface area contributed by atoms with Gasteiger partial charge in [-0.2, -0.15) is 0 Å². The molecule has 9 rings (SSSR count). The molecule has 0 aliphatic heterocycles. The summed E-state index contributed by atoms with van der Waals surface area (Å²) in [6.45, 7) is 5.59. The van der Waals surface area contributed by atoms with E-state index in [-0.39, 0.29) is 25.6 Å². The lowest BCUT2D eigenvalue weighted by Crippen LogP contribution is -2.42. The minimum absolute atomic E-state index is 0.0272. The van der Waals surface area contributed by atoms with Crippen molar-refractivity contribution in [1.82, 2.24) is 14.9 Å². The molecule has 0 radical (unpaired) electrons. The average molecular weight is 876 g/mol. The lowest BCUT2D eigenvalue weighted by Gasteiger charge is -2.36. The molecular formula is C56H49N3O7. The van der Waals surface area contributed by atoms with E-state index in [1.807, 2.05) is 133 Å². The predicted octanol–water partition coefficient (Wildman–Crippen LogP) is 11.5. The Balaban J connectivity index is 0.992. The van der Waals surface area contributed by atoms with E-state index in [0.717, 1.165) is 44.5 Å². The summed E-state index contributed by atoms with van der Waals surface area (Å²) in [5.41, 5.74) is 8.46. The molecular weight excluding hydrogens is 827 g/mol. The zero-order valence-electron chi connectivity index (χ0n) is 36.9. The number of para-hydroxylation sites is 1. The molecule has 1 aliphatic carbocycles. The van der Waals surface area contributed by atoms with E-state index in [1.165, 1.54) is 4.57 Å². The number of alkyl carbamates (subject to hydrolysis) is 1. The van der Waals surface area contributed by atoms with Crippen molar-refractivity contribution in [1.29, 1.82) is 0 Å². The number of benzene rings is 6. The zero-order chi connectivity index (χ0) is 45.8. The molecule has 0 saturated carbocycles. The van der Waals surface area contributed by atoms with Gasteiger partial charge in [0.2, 0.25) is 0 Å². The van der Waals surface area contributed by atoms with Crippen LogP contribution >= 0.6 is 0 Å². The molecule has 0 saturated heterocycles. The number of carboxylic acid groups (broad SMARTS) is 1. The number of carbonyl (C=O) groups is 3. The third kappa shape index (κ3) is 8.71. The first-order valence-corrected chi connectivity index (χ1v) is 22.0. The van der Waals surface area contributed by atoms with Gasteiger partial charge in [0.15, 0.2) is 0 Å². The maximum absolute atomic E-state index is 13.9. The molecule has 2 aromatic heterocycles. The highest BCUT2D eigenvalue weighted by Gasteiger charge is 2.38. The number of nitrogens with zero attached hydrogens (tertiary/aromatic N) is 2. The lowest BCUT2D eigenvalue weighted by molar-refractivity contribution is -0.139. The Morgan fingerprint density at radius 3 is 1.76 bits per heavy atom. The zero-order valence-corrected chi connectivity index (χ0v) is 36.9. The van der Waals surface area contributed by atoms with E-state index in [2.05, 4.69) is 41.7 Å². The second-order valence-electron chi connectivity index (χ2n) is 17.4. The quantitative estimate of drug-likeness (QED) is 0.110. The molecule has 10 heteroatoms. The van der Waals surface area contributed by atoms with E-state index >= 15 is 0 Å². The van der Waals surface area contributed by atoms with E-state index in [1.54, 1.807) is 33.2 Å². The van der Waals surface area contributed by atoms with Crippen LogP contribution in [-0.4, -0.2) is 51.1 Å². The number of carboxylic acids is 1. The SMILES string of the molecule is CC(C)(C)OC(=O)n1cc(C[C@H](NC(=O)OCC2c3ccccc3-c3ccccc32)C(=O)O)c2cccc(-c3ccc(COC(c4ccccc4)(c4ccccc4)c4ccccc4)cn3)c21. The number of rotatable bonds is 13. The highest BCUT2D eigenvalue weighted by atomic mass is 16.6.